The molecule has 1 aromatic carbocycles. The molecule has 0 fully saturated rings. The molecule has 7 nitrogen and oxygen atoms in total. The minimum atomic E-state index is -1.50. The van der Waals surface area contributed by atoms with Crippen LogP contribution in [0.15, 0.2) is 17.2 Å². The van der Waals surface area contributed by atoms with Gasteiger partial charge in [0.15, 0.2) is 11.5 Å². The Balaban J connectivity index is 2.99. The van der Waals surface area contributed by atoms with Crippen molar-refractivity contribution in [1.82, 2.24) is 5.43 Å². The van der Waals surface area contributed by atoms with E-state index in [1.807, 2.05) is 0 Å². The summed E-state index contributed by atoms with van der Waals surface area (Å²) >= 11 is 0. The fourth-order valence-corrected chi connectivity index (χ4v) is 1.45. The van der Waals surface area contributed by atoms with Gasteiger partial charge in [0.2, 0.25) is 0 Å². The minimum absolute atomic E-state index is 0.508. The van der Waals surface area contributed by atoms with Crippen LogP contribution in [0.4, 0.5) is 0 Å². The first-order valence-corrected chi connectivity index (χ1v) is 6.19. The van der Waals surface area contributed by atoms with E-state index in [-0.39, 0.29) is 0 Å². The molecule has 1 rings (SSSR count). The molecule has 0 bridgehead atoms. The zero-order valence-corrected chi connectivity index (χ0v) is 12.8. The summed E-state index contributed by atoms with van der Waals surface area (Å²) in [6, 6.07) is 3.31. The first kappa shape index (κ1) is 16.8. The van der Waals surface area contributed by atoms with Gasteiger partial charge < -0.3 is 19.3 Å². The highest BCUT2D eigenvalue weighted by Gasteiger charge is 2.23. The molecular formula is C14H20N2O5. The van der Waals surface area contributed by atoms with Crippen LogP contribution in [0.1, 0.15) is 19.4 Å². The molecule has 1 aromatic rings. The normalized spacial score (nSPS) is 11.3. The van der Waals surface area contributed by atoms with E-state index in [1.165, 1.54) is 41.4 Å². The molecule has 0 aliphatic rings. The molecule has 0 atom stereocenters. The predicted octanol–water partition coefficient (Wildman–Crippen LogP) is 0.933. The molecule has 0 aromatic heterocycles. The van der Waals surface area contributed by atoms with Crippen LogP contribution in [0.3, 0.4) is 0 Å². The molecule has 0 unspecified atom stereocenters. The van der Waals surface area contributed by atoms with Gasteiger partial charge >= 0.3 is 0 Å². The maximum absolute atomic E-state index is 11.5. The van der Waals surface area contributed by atoms with Crippen LogP contribution in [-0.2, 0) is 4.79 Å². The summed E-state index contributed by atoms with van der Waals surface area (Å²) in [6.07, 6.45) is 1.39. The summed E-state index contributed by atoms with van der Waals surface area (Å²) < 4.78 is 15.6. The number of benzene rings is 1. The van der Waals surface area contributed by atoms with Gasteiger partial charge in [-0.05, 0) is 19.9 Å². The van der Waals surface area contributed by atoms with Crippen molar-refractivity contribution >= 4 is 12.1 Å². The van der Waals surface area contributed by atoms with Crippen molar-refractivity contribution < 1.29 is 24.1 Å². The number of amides is 1. The van der Waals surface area contributed by atoms with E-state index in [0.29, 0.717) is 22.8 Å². The molecule has 0 heterocycles. The van der Waals surface area contributed by atoms with Crippen LogP contribution in [-0.4, -0.2) is 44.2 Å². The van der Waals surface area contributed by atoms with Crippen LogP contribution in [0, 0.1) is 0 Å². The van der Waals surface area contributed by atoms with Gasteiger partial charge in [-0.15, -0.1) is 0 Å². The van der Waals surface area contributed by atoms with E-state index < -0.39 is 11.5 Å². The van der Waals surface area contributed by atoms with Crippen molar-refractivity contribution in [3.8, 4) is 17.2 Å². The first-order chi connectivity index (χ1) is 9.83. The van der Waals surface area contributed by atoms with Crippen molar-refractivity contribution in [1.29, 1.82) is 0 Å². The third-order valence-corrected chi connectivity index (χ3v) is 2.66. The zero-order valence-electron chi connectivity index (χ0n) is 12.8. The van der Waals surface area contributed by atoms with Gasteiger partial charge in [-0.1, -0.05) is 0 Å². The van der Waals surface area contributed by atoms with Gasteiger partial charge in [0.05, 0.1) is 27.5 Å². The van der Waals surface area contributed by atoms with Crippen LogP contribution in [0.2, 0.25) is 0 Å². The highest BCUT2D eigenvalue weighted by molar-refractivity contribution is 5.88. The number of hydrogen-bond acceptors (Lipinski definition) is 6. The third kappa shape index (κ3) is 4.35. The summed E-state index contributed by atoms with van der Waals surface area (Å²) in [5, 5.41) is 13.3. The number of carbonyl (C=O) groups excluding carboxylic acids is 1. The van der Waals surface area contributed by atoms with Crippen molar-refractivity contribution in [3.63, 3.8) is 0 Å². The summed E-state index contributed by atoms with van der Waals surface area (Å²) in [5.41, 5.74) is 1.33. The maximum atomic E-state index is 11.5. The van der Waals surface area contributed by atoms with E-state index in [0.717, 1.165) is 0 Å². The number of nitrogens with one attached hydrogen (secondary N) is 1. The van der Waals surface area contributed by atoms with E-state index in [9.17, 15) is 9.90 Å². The van der Waals surface area contributed by atoms with E-state index in [4.69, 9.17) is 14.2 Å². The number of aliphatic hydroxyl groups is 1. The summed E-state index contributed by atoms with van der Waals surface area (Å²) in [7, 11) is 4.55. The van der Waals surface area contributed by atoms with Gasteiger partial charge in [0, 0.05) is 11.6 Å². The zero-order chi connectivity index (χ0) is 16.0. The Bertz CT molecular complexity index is 535. The molecule has 0 saturated carbocycles. The average Bonchev–Trinajstić information content (AvgIpc) is 2.45. The maximum Gasteiger partial charge on any atom is 0.271 e. The van der Waals surface area contributed by atoms with Crippen molar-refractivity contribution in [2.45, 2.75) is 19.4 Å². The highest BCUT2D eigenvalue weighted by atomic mass is 16.5. The van der Waals surface area contributed by atoms with Crippen LogP contribution < -0.4 is 19.6 Å². The average molecular weight is 296 g/mol. The molecule has 2 N–H and O–H groups in total. The van der Waals surface area contributed by atoms with Crippen molar-refractivity contribution in [2.75, 3.05) is 21.3 Å². The predicted molar refractivity (Wildman–Crippen MR) is 78.1 cm³/mol. The number of carbonyl (C=O) groups is 1. The highest BCUT2D eigenvalue weighted by Crippen LogP contribution is 2.33. The van der Waals surface area contributed by atoms with E-state index in [2.05, 4.69) is 10.5 Å². The number of hydrogen-bond donors (Lipinski definition) is 2. The lowest BCUT2D eigenvalue weighted by Crippen LogP contribution is -2.39. The Hall–Kier alpha value is -2.28. The molecular weight excluding hydrogens is 276 g/mol. The molecule has 0 radical (unpaired) electrons. The molecule has 1 amide bonds. The number of rotatable bonds is 6. The van der Waals surface area contributed by atoms with Crippen LogP contribution in [0.25, 0.3) is 0 Å². The smallest absolute Gasteiger partial charge is 0.271 e. The summed E-state index contributed by atoms with van der Waals surface area (Å²) in [5.74, 6) is 0.924. The van der Waals surface area contributed by atoms with Gasteiger partial charge in [-0.25, -0.2) is 5.43 Å². The summed E-state index contributed by atoms with van der Waals surface area (Å²) in [4.78, 5) is 11.5. The second kappa shape index (κ2) is 6.94. The van der Waals surface area contributed by atoms with Crippen molar-refractivity contribution in [2.24, 2.45) is 5.10 Å². The minimum Gasteiger partial charge on any atom is -0.496 e. The monoisotopic (exact) mass is 296 g/mol. The molecule has 0 aliphatic heterocycles. The number of ether oxygens (including phenoxy) is 3. The Labute approximate surface area is 123 Å². The second-order valence-corrected chi connectivity index (χ2v) is 4.71. The topological polar surface area (TPSA) is 89.4 Å². The Kier molecular flexibility index (Phi) is 5.54. The Morgan fingerprint density at radius 1 is 1.14 bits per heavy atom. The number of methoxy groups -OCH3 is 3. The molecule has 116 valence electrons. The molecule has 7 heteroatoms. The van der Waals surface area contributed by atoms with Gasteiger partial charge in [-0.2, -0.15) is 5.10 Å². The second-order valence-electron chi connectivity index (χ2n) is 4.71. The fraction of sp³-hybridized carbons (Fsp3) is 0.429. The van der Waals surface area contributed by atoms with Crippen molar-refractivity contribution in [3.05, 3.63) is 17.7 Å². The lowest BCUT2D eigenvalue weighted by Gasteiger charge is -2.14. The summed E-state index contributed by atoms with van der Waals surface area (Å²) in [6.45, 7) is 2.74. The quantitative estimate of drug-likeness (QED) is 0.602. The third-order valence-electron chi connectivity index (χ3n) is 2.66. The van der Waals surface area contributed by atoms with E-state index in [1.54, 1.807) is 12.1 Å². The Morgan fingerprint density at radius 2 is 1.67 bits per heavy atom. The van der Waals surface area contributed by atoms with Gasteiger partial charge in [0.1, 0.15) is 11.4 Å². The van der Waals surface area contributed by atoms with Crippen LogP contribution >= 0.6 is 0 Å². The molecule has 21 heavy (non-hydrogen) atoms. The first-order valence-electron chi connectivity index (χ1n) is 6.19. The number of hydrazone groups is 1. The van der Waals surface area contributed by atoms with Gasteiger partial charge in [0.25, 0.3) is 5.91 Å². The SMILES string of the molecule is COc1cc(OC)c(OC)cc1/C=N/NC(=O)C(C)(C)O. The molecule has 0 aliphatic carbocycles. The lowest BCUT2D eigenvalue weighted by atomic mass is 10.1. The number of nitrogens with zero attached hydrogens (tertiary/aromatic N) is 1. The lowest BCUT2D eigenvalue weighted by molar-refractivity contribution is -0.136. The van der Waals surface area contributed by atoms with Gasteiger partial charge in [-0.3, -0.25) is 4.79 Å². The molecule has 0 saturated heterocycles. The standard InChI is InChI=1S/C14H20N2O5/c1-14(2,18)13(17)16-15-8-9-6-11(20-4)12(21-5)7-10(9)19-3/h6-8,18H,1-5H3,(H,16,17)/b15-8+. The van der Waals surface area contributed by atoms with Crippen LogP contribution in [0.5, 0.6) is 17.2 Å². The fourth-order valence-electron chi connectivity index (χ4n) is 1.45. The largest absolute Gasteiger partial charge is 0.496 e. The Morgan fingerprint density at radius 3 is 2.14 bits per heavy atom. The molecule has 0 spiro atoms. The van der Waals surface area contributed by atoms with E-state index >= 15 is 0 Å².